The Kier molecular flexibility index (Phi) is 6.17. The third-order valence-electron chi connectivity index (χ3n) is 2.95. The van der Waals surface area contributed by atoms with Crippen LogP contribution in [0.15, 0.2) is 17.4 Å². The number of ether oxygens (including phenoxy) is 1. The Morgan fingerprint density at radius 3 is 2.52 bits per heavy atom. The molecule has 21 heavy (non-hydrogen) atoms. The summed E-state index contributed by atoms with van der Waals surface area (Å²) in [5, 5.41) is 32.7. The first-order chi connectivity index (χ1) is 9.79. The lowest BCUT2D eigenvalue weighted by Crippen LogP contribution is -2.44. The summed E-state index contributed by atoms with van der Waals surface area (Å²) in [5.74, 6) is 0. The van der Waals surface area contributed by atoms with Gasteiger partial charge in [-0.2, -0.15) is 0 Å². The van der Waals surface area contributed by atoms with Gasteiger partial charge in [0.2, 0.25) is 5.72 Å². The number of hydrogen-bond acceptors (Lipinski definition) is 7. The highest BCUT2D eigenvalue weighted by atomic mass is 32.1. The molecular formula is C11H16N4O4S2. The average molecular weight is 332 g/mol. The Labute approximate surface area is 132 Å². The molecule has 0 aromatic carbocycles. The SMILES string of the molecule is CC(=S)/C=C\N(C(C)=S)[C@@H]1O[C@@](CO)(N=[N+]=[N-])C(O)[C@@H]1O. The number of aliphatic hydroxyl groups is 3. The predicted octanol–water partition coefficient (Wildman–Crippen LogP) is 0.616. The molecule has 8 nitrogen and oxygen atoms in total. The molecule has 0 saturated carbocycles. The highest BCUT2D eigenvalue weighted by Crippen LogP contribution is 2.34. The van der Waals surface area contributed by atoms with Gasteiger partial charge in [0.1, 0.15) is 12.2 Å². The molecule has 4 atom stereocenters. The number of allylic oxidation sites excluding steroid dienone is 1. The van der Waals surface area contributed by atoms with Crippen LogP contribution in [0.4, 0.5) is 0 Å². The van der Waals surface area contributed by atoms with Crippen LogP contribution in [0.1, 0.15) is 13.8 Å². The molecule has 116 valence electrons. The first kappa shape index (κ1) is 17.9. The molecule has 1 aliphatic rings. The monoisotopic (exact) mass is 332 g/mol. The first-order valence-corrected chi connectivity index (χ1v) is 6.79. The van der Waals surface area contributed by atoms with E-state index in [1.807, 2.05) is 0 Å². The minimum absolute atomic E-state index is 0.341. The highest BCUT2D eigenvalue weighted by Gasteiger charge is 2.55. The van der Waals surface area contributed by atoms with Crippen LogP contribution >= 0.6 is 24.4 Å². The fourth-order valence-electron chi connectivity index (χ4n) is 1.87. The van der Waals surface area contributed by atoms with Crippen molar-refractivity contribution >= 4 is 34.3 Å². The molecule has 1 aliphatic heterocycles. The van der Waals surface area contributed by atoms with Crippen LogP contribution in [0.3, 0.4) is 0 Å². The Hall–Kier alpha value is -1.13. The summed E-state index contributed by atoms with van der Waals surface area (Å²) in [6, 6.07) is 0. The Morgan fingerprint density at radius 1 is 1.48 bits per heavy atom. The molecule has 0 spiro atoms. The lowest BCUT2D eigenvalue weighted by Gasteiger charge is -2.29. The molecule has 0 bridgehead atoms. The van der Waals surface area contributed by atoms with Crippen LogP contribution < -0.4 is 0 Å². The highest BCUT2D eigenvalue weighted by molar-refractivity contribution is 7.80. The molecule has 1 rings (SSSR count). The van der Waals surface area contributed by atoms with E-state index in [0.29, 0.717) is 9.85 Å². The van der Waals surface area contributed by atoms with Crippen molar-refractivity contribution in [3.05, 3.63) is 22.7 Å². The number of hydrogen-bond donors (Lipinski definition) is 3. The zero-order chi connectivity index (χ0) is 16.2. The molecule has 1 fully saturated rings. The molecule has 0 aliphatic carbocycles. The van der Waals surface area contributed by atoms with Crippen molar-refractivity contribution in [1.29, 1.82) is 0 Å². The summed E-state index contributed by atoms with van der Waals surface area (Å²) >= 11 is 9.99. The number of azide groups is 1. The van der Waals surface area contributed by atoms with Crippen molar-refractivity contribution in [3.63, 3.8) is 0 Å². The first-order valence-electron chi connectivity index (χ1n) is 5.98. The van der Waals surface area contributed by atoms with Crippen LogP contribution in [0.5, 0.6) is 0 Å². The number of rotatable bonds is 5. The van der Waals surface area contributed by atoms with Gasteiger partial charge in [-0.05, 0) is 25.5 Å². The second-order valence-corrected chi connectivity index (χ2v) is 5.72. The van der Waals surface area contributed by atoms with Gasteiger partial charge in [0.05, 0.1) is 11.6 Å². The van der Waals surface area contributed by atoms with E-state index < -0.39 is 30.8 Å². The molecule has 10 heteroatoms. The fourth-order valence-corrected chi connectivity index (χ4v) is 2.09. The van der Waals surface area contributed by atoms with E-state index in [0.717, 1.165) is 0 Å². The maximum Gasteiger partial charge on any atom is 0.200 e. The molecule has 0 aromatic rings. The number of aliphatic hydroxyl groups excluding tert-OH is 3. The Balaban J connectivity index is 3.14. The molecule has 1 heterocycles. The lowest BCUT2D eigenvalue weighted by atomic mass is 10.1. The van der Waals surface area contributed by atoms with Crippen LogP contribution in [0.2, 0.25) is 0 Å². The van der Waals surface area contributed by atoms with E-state index in [4.69, 9.17) is 34.7 Å². The van der Waals surface area contributed by atoms with Crippen molar-refractivity contribution in [1.82, 2.24) is 4.90 Å². The molecule has 3 N–H and O–H groups in total. The minimum Gasteiger partial charge on any atom is -0.393 e. The number of nitrogens with zero attached hydrogens (tertiary/aromatic N) is 4. The van der Waals surface area contributed by atoms with Gasteiger partial charge in [-0.25, -0.2) is 0 Å². The van der Waals surface area contributed by atoms with Crippen LogP contribution in [0.25, 0.3) is 10.4 Å². The molecule has 1 saturated heterocycles. The van der Waals surface area contributed by atoms with Crippen LogP contribution in [-0.2, 0) is 4.74 Å². The average Bonchev–Trinajstić information content (AvgIpc) is 2.65. The second kappa shape index (κ2) is 7.23. The van der Waals surface area contributed by atoms with E-state index in [2.05, 4.69) is 10.0 Å². The van der Waals surface area contributed by atoms with Crippen LogP contribution in [0, 0.1) is 0 Å². The van der Waals surface area contributed by atoms with Crippen molar-refractivity contribution in [2.24, 2.45) is 5.11 Å². The Bertz CT molecular complexity index is 508. The standard InChI is InChI=1S/C11H16N4O4S2/c1-6(20)3-4-15(7(2)21)10-8(17)9(18)11(5-16,19-10)13-14-12/h3-4,8-10,16-18H,5H2,1-2H3/b4-3-/t8-,9?,10+,11+/m0/s1. The molecule has 1 unspecified atom stereocenters. The molecular weight excluding hydrogens is 316 g/mol. The predicted molar refractivity (Wildman–Crippen MR) is 83.4 cm³/mol. The van der Waals surface area contributed by atoms with E-state index in [-0.39, 0.29) is 0 Å². The molecule has 0 aromatic heterocycles. The van der Waals surface area contributed by atoms with Gasteiger partial charge >= 0.3 is 0 Å². The van der Waals surface area contributed by atoms with E-state index in [1.165, 1.54) is 11.1 Å². The van der Waals surface area contributed by atoms with Gasteiger partial charge < -0.3 is 25.0 Å². The molecule has 0 radical (unpaired) electrons. The maximum absolute atomic E-state index is 10.1. The van der Waals surface area contributed by atoms with E-state index in [1.54, 1.807) is 19.9 Å². The normalized spacial score (nSPS) is 32.0. The van der Waals surface area contributed by atoms with Crippen molar-refractivity contribution < 1.29 is 20.1 Å². The Morgan fingerprint density at radius 2 is 2.10 bits per heavy atom. The quantitative estimate of drug-likeness (QED) is 0.222. The minimum atomic E-state index is -1.96. The van der Waals surface area contributed by atoms with E-state index in [9.17, 15) is 15.3 Å². The van der Waals surface area contributed by atoms with Crippen molar-refractivity contribution in [2.45, 2.75) is 38.0 Å². The maximum atomic E-state index is 10.1. The zero-order valence-electron chi connectivity index (χ0n) is 11.4. The molecule has 0 amide bonds. The van der Waals surface area contributed by atoms with Gasteiger partial charge in [-0.3, -0.25) is 0 Å². The summed E-state index contributed by atoms with van der Waals surface area (Å²) in [5.41, 5.74) is 6.59. The lowest BCUT2D eigenvalue weighted by molar-refractivity contribution is -0.125. The van der Waals surface area contributed by atoms with Gasteiger partial charge in [0, 0.05) is 16.0 Å². The summed E-state index contributed by atoms with van der Waals surface area (Å²) in [7, 11) is 0. The van der Waals surface area contributed by atoms with Gasteiger partial charge in [0.15, 0.2) is 6.23 Å². The summed E-state index contributed by atoms with van der Waals surface area (Å²) in [6.45, 7) is 2.50. The third kappa shape index (κ3) is 3.74. The largest absolute Gasteiger partial charge is 0.393 e. The van der Waals surface area contributed by atoms with Crippen LogP contribution in [-0.4, -0.2) is 60.8 Å². The fraction of sp³-hybridized carbons (Fsp3) is 0.636. The smallest absolute Gasteiger partial charge is 0.200 e. The van der Waals surface area contributed by atoms with Gasteiger partial charge in [-0.1, -0.05) is 29.5 Å². The van der Waals surface area contributed by atoms with E-state index >= 15 is 0 Å². The summed E-state index contributed by atoms with van der Waals surface area (Å²) in [6.07, 6.45) is -1.08. The zero-order valence-corrected chi connectivity index (χ0v) is 13.1. The third-order valence-corrected chi connectivity index (χ3v) is 3.30. The topological polar surface area (TPSA) is 122 Å². The number of thiocarbonyl (C=S) groups is 2. The van der Waals surface area contributed by atoms with Gasteiger partial charge in [-0.15, -0.1) is 0 Å². The summed E-state index contributed by atoms with van der Waals surface area (Å²) < 4.78 is 5.39. The van der Waals surface area contributed by atoms with Crippen molar-refractivity contribution in [3.8, 4) is 0 Å². The van der Waals surface area contributed by atoms with Gasteiger partial charge in [0.25, 0.3) is 0 Å². The second-order valence-electron chi connectivity index (χ2n) is 4.49. The summed E-state index contributed by atoms with van der Waals surface area (Å²) in [4.78, 5) is 4.82. The van der Waals surface area contributed by atoms with Crippen molar-refractivity contribution in [2.75, 3.05) is 6.61 Å².